The average Bonchev–Trinajstić information content (AvgIpc) is 2.27. The summed E-state index contributed by atoms with van der Waals surface area (Å²) in [5.41, 5.74) is 2.03. The standard InChI is InChI=1S/C14H20O3/c1-10-8-12(16-3)11-4-5-14(2,6-7-15)17-13(11)9-10/h8-9,15H,4-7H2,1-3H3/t14-/m1/s1. The zero-order valence-corrected chi connectivity index (χ0v) is 10.7. The third-order valence-corrected chi connectivity index (χ3v) is 3.43. The predicted molar refractivity (Wildman–Crippen MR) is 66.8 cm³/mol. The number of methoxy groups -OCH3 is 1. The van der Waals surface area contributed by atoms with Crippen LogP contribution in [0.15, 0.2) is 12.1 Å². The second kappa shape index (κ2) is 4.57. The predicted octanol–water partition coefficient (Wildman–Crippen LogP) is 2.47. The number of hydrogen-bond acceptors (Lipinski definition) is 3. The average molecular weight is 236 g/mol. The summed E-state index contributed by atoms with van der Waals surface area (Å²) in [5, 5.41) is 9.08. The van der Waals surface area contributed by atoms with Gasteiger partial charge in [-0.05, 0) is 44.4 Å². The molecule has 1 atom stereocenters. The van der Waals surface area contributed by atoms with Gasteiger partial charge >= 0.3 is 0 Å². The molecule has 0 saturated carbocycles. The molecular formula is C14H20O3. The van der Waals surface area contributed by atoms with Crippen molar-refractivity contribution in [2.45, 2.75) is 38.7 Å². The van der Waals surface area contributed by atoms with E-state index < -0.39 is 0 Å². The lowest BCUT2D eigenvalue weighted by molar-refractivity contribution is 0.0382. The molecule has 0 saturated heterocycles. The lowest BCUT2D eigenvalue weighted by Gasteiger charge is -2.36. The monoisotopic (exact) mass is 236 g/mol. The third kappa shape index (κ3) is 2.39. The number of hydrogen-bond donors (Lipinski definition) is 1. The molecule has 1 aromatic carbocycles. The molecule has 1 aliphatic rings. The van der Waals surface area contributed by atoms with E-state index in [4.69, 9.17) is 14.6 Å². The molecule has 2 rings (SSSR count). The summed E-state index contributed by atoms with van der Waals surface area (Å²) in [6.45, 7) is 4.25. The van der Waals surface area contributed by atoms with Gasteiger partial charge in [-0.15, -0.1) is 0 Å². The molecule has 0 unspecified atom stereocenters. The highest BCUT2D eigenvalue weighted by Gasteiger charge is 2.32. The Kier molecular flexibility index (Phi) is 3.29. The number of aliphatic hydroxyl groups is 1. The quantitative estimate of drug-likeness (QED) is 0.876. The lowest BCUT2D eigenvalue weighted by atomic mass is 9.89. The molecule has 1 aromatic rings. The zero-order valence-electron chi connectivity index (χ0n) is 10.7. The van der Waals surface area contributed by atoms with Crippen molar-refractivity contribution in [2.75, 3.05) is 13.7 Å². The summed E-state index contributed by atoms with van der Waals surface area (Å²) >= 11 is 0. The Labute approximate surface area is 102 Å². The number of aryl methyl sites for hydroxylation is 1. The SMILES string of the molecule is COc1cc(C)cc2c1CC[C@](C)(CCO)O2. The summed E-state index contributed by atoms with van der Waals surface area (Å²) in [5.74, 6) is 1.81. The Morgan fingerprint density at radius 3 is 2.88 bits per heavy atom. The topological polar surface area (TPSA) is 38.7 Å². The maximum atomic E-state index is 9.08. The summed E-state index contributed by atoms with van der Waals surface area (Å²) in [7, 11) is 1.69. The van der Waals surface area contributed by atoms with Crippen LogP contribution in [-0.2, 0) is 6.42 Å². The second-order valence-corrected chi connectivity index (χ2v) is 4.97. The first-order valence-corrected chi connectivity index (χ1v) is 6.05. The Hall–Kier alpha value is -1.22. The van der Waals surface area contributed by atoms with Gasteiger partial charge in [-0.25, -0.2) is 0 Å². The van der Waals surface area contributed by atoms with Gasteiger partial charge in [0.2, 0.25) is 0 Å². The minimum atomic E-state index is -0.249. The number of rotatable bonds is 3. The molecular weight excluding hydrogens is 216 g/mol. The fraction of sp³-hybridized carbons (Fsp3) is 0.571. The highest BCUT2D eigenvalue weighted by Crippen LogP contribution is 2.40. The van der Waals surface area contributed by atoms with Crippen LogP contribution in [0.4, 0.5) is 0 Å². The van der Waals surface area contributed by atoms with Crippen LogP contribution in [0.25, 0.3) is 0 Å². The summed E-state index contributed by atoms with van der Waals surface area (Å²) in [6, 6.07) is 4.09. The summed E-state index contributed by atoms with van der Waals surface area (Å²) in [4.78, 5) is 0. The van der Waals surface area contributed by atoms with Gasteiger partial charge in [0.05, 0.1) is 7.11 Å². The molecule has 17 heavy (non-hydrogen) atoms. The third-order valence-electron chi connectivity index (χ3n) is 3.43. The molecule has 0 radical (unpaired) electrons. The fourth-order valence-corrected chi connectivity index (χ4v) is 2.39. The molecule has 1 heterocycles. The van der Waals surface area contributed by atoms with Gasteiger partial charge < -0.3 is 14.6 Å². The van der Waals surface area contributed by atoms with Gasteiger partial charge in [0, 0.05) is 18.6 Å². The van der Waals surface area contributed by atoms with Crippen LogP contribution in [0.3, 0.4) is 0 Å². The first kappa shape index (κ1) is 12.2. The van der Waals surface area contributed by atoms with Gasteiger partial charge in [0.15, 0.2) is 0 Å². The van der Waals surface area contributed by atoms with Crippen LogP contribution in [0, 0.1) is 6.92 Å². The van der Waals surface area contributed by atoms with Gasteiger partial charge in [-0.3, -0.25) is 0 Å². The van der Waals surface area contributed by atoms with Gasteiger partial charge in [-0.1, -0.05) is 0 Å². The van der Waals surface area contributed by atoms with E-state index in [0.717, 1.165) is 35.5 Å². The van der Waals surface area contributed by atoms with E-state index in [0.29, 0.717) is 6.42 Å². The Morgan fingerprint density at radius 2 is 2.24 bits per heavy atom. The number of fused-ring (bicyclic) bond motifs is 1. The van der Waals surface area contributed by atoms with E-state index in [-0.39, 0.29) is 12.2 Å². The van der Waals surface area contributed by atoms with Crippen molar-refractivity contribution in [1.29, 1.82) is 0 Å². The van der Waals surface area contributed by atoms with E-state index in [1.807, 2.05) is 19.1 Å². The number of benzene rings is 1. The molecule has 0 amide bonds. The summed E-state index contributed by atoms with van der Waals surface area (Å²) < 4.78 is 11.4. The van der Waals surface area contributed by atoms with Gasteiger partial charge in [-0.2, -0.15) is 0 Å². The Bertz CT molecular complexity index is 414. The van der Waals surface area contributed by atoms with E-state index >= 15 is 0 Å². The maximum Gasteiger partial charge on any atom is 0.127 e. The molecule has 0 aromatic heterocycles. The normalized spacial score (nSPS) is 22.8. The largest absolute Gasteiger partial charge is 0.496 e. The molecule has 94 valence electrons. The zero-order chi connectivity index (χ0) is 12.5. The first-order valence-electron chi connectivity index (χ1n) is 6.05. The van der Waals surface area contributed by atoms with Gasteiger partial charge in [0.1, 0.15) is 17.1 Å². The van der Waals surface area contributed by atoms with Crippen LogP contribution in [0.1, 0.15) is 30.9 Å². The molecule has 0 aliphatic carbocycles. The van der Waals surface area contributed by atoms with Crippen LogP contribution in [0.2, 0.25) is 0 Å². The minimum Gasteiger partial charge on any atom is -0.496 e. The van der Waals surface area contributed by atoms with Crippen molar-refractivity contribution in [3.05, 3.63) is 23.3 Å². The molecule has 0 spiro atoms. The van der Waals surface area contributed by atoms with Crippen LogP contribution < -0.4 is 9.47 Å². The van der Waals surface area contributed by atoms with E-state index in [1.54, 1.807) is 7.11 Å². The van der Waals surface area contributed by atoms with Gasteiger partial charge in [0.25, 0.3) is 0 Å². The molecule has 3 nitrogen and oxygen atoms in total. The minimum absolute atomic E-state index is 0.161. The molecule has 1 aliphatic heterocycles. The number of ether oxygens (including phenoxy) is 2. The smallest absolute Gasteiger partial charge is 0.127 e. The molecule has 0 fully saturated rings. The molecule has 1 N–H and O–H groups in total. The molecule has 3 heteroatoms. The van der Waals surface area contributed by atoms with Crippen molar-refractivity contribution in [3.63, 3.8) is 0 Å². The second-order valence-electron chi connectivity index (χ2n) is 4.97. The van der Waals surface area contributed by atoms with Crippen LogP contribution in [-0.4, -0.2) is 24.4 Å². The number of aliphatic hydroxyl groups excluding tert-OH is 1. The Morgan fingerprint density at radius 1 is 1.47 bits per heavy atom. The Balaban J connectivity index is 2.35. The van der Waals surface area contributed by atoms with Crippen molar-refractivity contribution in [2.24, 2.45) is 0 Å². The summed E-state index contributed by atoms with van der Waals surface area (Å²) in [6.07, 6.45) is 2.53. The van der Waals surface area contributed by atoms with E-state index in [9.17, 15) is 0 Å². The van der Waals surface area contributed by atoms with Crippen LogP contribution in [0.5, 0.6) is 11.5 Å². The van der Waals surface area contributed by atoms with Crippen molar-refractivity contribution in [3.8, 4) is 11.5 Å². The maximum absolute atomic E-state index is 9.08. The van der Waals surface area contributed by atoms with E-state index in [2.05, 4.69) is 6.92 Å². The van der Waals surface area contributed by atoms with Crippen molar-refractivity contribution < 1.29 is 14.6 Å². The highest BCUT2D eigenvalue weighted by molar-refractivity contribution is 5.49. The van der Waals surface area contributed by atoms with Crippen molar-refractivity contribution >= 4 is 0 Å². The first-order chi connectivity index (χ1) is 8.08. The molecule has 0 bridgehead atoms. The van der Waals surface area contributed by atoms with Crippen molar-refractivity contribution in [1.82, 2.24) is 0 Å². The lowest BCUT2D eigenvalue weighted by Crippen LogP contribution is -2.37. The van der Waals surface area contributed by atoms with E-state index in [1.165, 1.54) is 0 Å². The highest BCUT2D eigenvalue weighted by atomic mass is 16.5. The van der Waals surface area contributed by atoms with Crippen LogP contribution >= 0.6 is 0 Å². The fourth-order valence-electron chi connectivity index (χ4n) is 2.39.